The second-order valence-corrected chi connectivity index (χ2v) is 8.37. The topological polar surface area (TPSA) is 83.0 Å². The Morgan fingerprint density at radius 3 is 2.57 bits per heavy atom. The van der Waals surface area contributed by atoms with Gasteiger partial charge in [-0.25, -0.2) is 17.2 Å². The lowest BCUT2D eigenvalue weighted by molar-refractivity contribution is -0.0977. The van der Waals surface area contributed by atoms with Crippen LogP contribution in [0, 0.1) is 0 Å². The lowest BCUT2D eigenvalue weighted by Gasteiger charge is -2.17. The molecule has 0 fully saturated rings. The number of nitrogens with one attached hydrogen (secondary N) is 1. The number of aliphatic hydroxyl groups is 1. The number of hydrogen-bond donors (Lipinski definition) is 2. The highest BCUT2D eigenvalue weighted by Crippen LogP contribution is 2.50. The highest BCUT2D eigenvalue weighted by atomic mass is 32.2. The van der Waals surface area contributed by atoms with Gasteiger partial charge in [-0.2, -0.15) is 18.3 Å². The van der Waals surface area contributed by atoms with E-state index in [-0.39, 0.29) is 11.1 Å². The van der Waals surface area contributed by atoms with Crippen LogP contribution in [-0.4, -0.2) is 35.2 Å². The minimum Gasteiger partial charge on any atom is -0.382 e. The molecule has 11 heteroatoms. The zero-order chi connectivity index (χ0) is 20.5. The summed E-state index contributed by atoms with van der Waals surface area (Å²) in [4.78, 5) is -1.36. The second-order valence-electron chi connectivity index (χ2n) is 6.47. The van der Waals surface area contributed by atoms with Crippen LogP contribution in [0.25, 0.3) is 22.0 Å². The highest BCUT2D eigenvalue weighted by molar-refractivity contribution is 7.92. The summed E-state index contributed by atoms with van der Waals surface area (Å²) in [6.07, 6.45) is -2.22. The van der Waals surface area contributed by atoms with Crippen LogP contribution in [-0.2, 0) is 16.3 Å². The van der Waals surface area contributed by atoms with Gasteiger partial charge in [-0.05, 0) is 28.8 Å². The van der Waals surface area contributed by atoms with Gasteiger partial charge in [-0.3, -0.25) is 5.10 Å². The molecule has 0 aliphatic heterocycles. The van der Waals surface area contributed by atoms with Crippen LogP contribution >= 0.6 is 0 Å². The monoisotopic (exact) mass is 418 g/mol. The molecule has 1 heterocycles. The molecule has 5 nitrogen and oxygen atoms in total. The fourth-order valence-electron chi connectivity index (χ4n) is 3.41. The first-order valence-corrected chi connectivity index (χ1v) is 9.38. The zero-order valence-electron chi connectivity index (χ0n) is 13.8. The summed E-state index contributed by atoms with van der Waals surface area (Å²) in [5.41, 5.74) is -5.89. The van der Waals surface area contributed by atoms with Crippen LogP contribution in [0.3, 0.4) is 0 Å². The van der Waals surface area contributed by atoms with Gasteiger partial charge in [0.1, 0.15) is 6.10 Å². The SMILES string of the molecule is O=S(=O)(c1ccc(-c2ccc3cn[nH]c3c2)c2c1[C@H](O)C(F)(F)C2)C(F)(F)F. The van der Waals surface area contributed by atoms with E-state index < -0.39 is 44.3 Å². The predicted octanol–water partition coefficient (Wildman–Crippen LogP) is 3.75. The van der Waals surface area contributed by atoms with E-state index in [1.54, 1.807) is 18.2 Å². The van der Waals surface area contributed by atoms with Gasteiger partial charge in [0, 0.05) is 17.4 Å². The van der Waals surface area contributed by atoms with Crippen molar-refractivity contribution in [3.8, 4) is 11.1 Å². The molecule has 0 unspecified atom stereocenters. The molecule has 1 aliphatic rings. The van der Waals surface area contributed by atoms with Crippen molar-refractivity contribution in [2.75, 3.05) is 0 Å². The molecule has 28 heavy (non-hydrogen) atoms. The van der Waals surface area contributed by atoms with Crippen molar-refractivity contribution in [2.45, 2.75) is 28.9 Å². The van der Waals surface area contributed by atoms with E-state index in [0.717, 1.165) is 11.5 Å². The zero-order valence-corrected chi connectivity index (χ0v) is 14.6. The Labute approximate surface area is 154 Å². The number of sulfone groups is 1. The molecule has 0 spiro atoms. The van der Waals surface area contributed by atoms with Gasteiger partial charge in [0.2, 0.25) is 0 Å². The molecule has 0 saturated carbocycles. The van der Waals surface area contributed by atoms with E-state index in [4.69, 9.17) is 0 Å². The van der Waals surface area contributed by atoms with Gasteiger partial charge in [-0.15, -0.1) is 0 Å². The molecule has 148 valence electrons. The number of alkyl halides is 5. The predicted molar refractivity (Wildman–Crippen MR) is 88.4 cm³/mol. The van der Waals surface area contributed by atoms with E-state index >= 15 is 0 Å². The quantitative estimate of drug-likeness (QED) is 0.621. The van der Waals surface area contributed by atoms with Crippen molar-refractivity contribution in [3.63, 3.8) is 0 Å². The molecule has 1 aliphatic carbocycles. The number of hydrogen-bond acceptors (Lipinski definition) is 4. The van der Waals surface area contributed by atoms with Crippen molar-refractivity contribution in [1.82, 2.24) is 10.2 Å². The molecule has 2 aromatic carbocycles. The van der Waals surface area contributed by atoms with Crippen LogP contribution in [0.15, 0.2) is 41.4 Å². The first-order valence-electron chi connectivity index (χ1n) is 7.90. The van der Waals surface area contributed by atoms with Crippen LogP contribution in [0.5, 0.6) is 0 Å². The van der Waals surface area contributed by atoms with Crippen molar-refractivity contribution in [3.05, 3.63) is 47.7 Å². The van der Waals surface area contributed by atoms with Crippen molar-refractivity contribution in [1.29, 1.82) is 0 Å². The molecule has 4 rings (SSSR count). The Morgan fingerprint density at radius 2 is 1.89 bits per heavy atom. The number of aromatic nitrogens is 2. The molecule has 0 radical (unpaired) electrons. The number of rotatable bonds is 2. The second kappa shape index (κ2) is 5.74. The minimum atomic E-state index is -5.92. The van der Waals surface area contributed by atoms with Gasteiger partial charge >= 0.3 is 5.51 Å². The molecular formula is C17H11F5N2O3S. The maximum Gasteiger partial charge on any atom is 0.501 e. The Morgan fingerprint density at radius 1 is 1.18 bits per heavy atom. The first-order chi connectivity index (χ1) is 12.9. The molecule has 0 amide bonds. The van der Waals surface area contributed by atoms with Crippen LogP contribution in [0.2, 0.25) is 0 Å². The van der Waals surface area contributed by atoms with Gasteiger partial charge in [0.25, 0.3) is 15.8 Å². The third-order valence-electron chi connectivity index (χ3n) is 4.75. The number of H-pyrrole nitrogens is 1. The van der Waals surface area contributed by atoms with Crippen LogP contribution in [0.1, 0.15) is 17.2 Å². The largest absolute Gasteiger partial charge is 0.501 e. The summed E-state index contributed by atoms with van der Waals surface area (Å²) < 4.78 is 91.0. The Bertz CT molecular complexity index is 1200. The fourth-order valence-corrected chi connectivity index (χ4v) is 4.43. The summed E-state index contributed by atoms with van der Waals surface area (Å²) in [5.74, 6) is -3.80. The molecular weight excluding hydrogens is 407 g/mol. The first kappa shape index (κ1) is 18.8. The number of nitrogens with zero attached hydrogens (tertiary/aromatic N) is 1. The Balaban J connectivity index is 2.00. The van der Waals surface area contributed by atoms with E-state index in [0.29, 0.717) is 17.1 Å². The molecule has 3 aromatic rings. The number of fused-ring (bicyclic) bond motifs is 2. The average Bonchev–Trinajstić information content (AvgIpc) is 3.15. The van der Waals surface area contributed by atoms with Crippen molar-refractivity contribution < 1.29 is 35.5 Å². The smallest absolute Gasteiger partial charge is 0.382 e. The fraction of sp³-hybridized carbons (Fsp3) is 0.235. The van der Waals surface area contributed by atoms with Crippen LogP contribution in [0.4, 0.5) is 22.0 Å². The van der Waals surface area contributed by atoms with Gasteiger partial charge in [0.15, 0.2) is 0 Å². The molecule has 1 aromatic heterocycles. The molecule has 0 saturated heterocycles. The van der Waals surface area contributed by atoms with Gasteiger partial charge in [-0.1, -0.05) is 18.2 Å². The number of halogens is 5. The standard InChI is InChI=1S/C17H11F5N2O3S/c18-16(19)6-11-10(8-1-2-9-7-23-24-12(9)5-8)3-4-13(14(11)15(16)25)28(26,27)17(20,21)22/h1-5,7,15,25H,6H2,(H,23,24)/t15-/m0/s1. The number of aliphatic hydroxyl groups excluding tert-OH is 1. The maximum atomic E-state index is 14.2. The van der Waals surface area contributed by atoms with Gasteiger partial charge in [0.05, 0.1) is 16.6 Å². The van der Waals surface area contributed by atoms with Gasteiger partial charge < -0.3 is 5.11 Å². The van der Waals surface area contributed by atoms with E-state index in [2.05, 4.69) is 10.2 Å². The summed E-state index contributed by atoms with van der Waals surface area (Å²) in [6, 6.07) is 6.39. The normalized spacial score (nSPS) is 19.1. The number of benzene rings is 2. The summed E-state index contributed by atoms with van der Waals surface area (Å²) in [7, 11) is -5.92. The van der Waals surface area contributed by atoms with Crippen molar-refractivity contribution in [2.24, 2.45) is 0 Å². The molecule has 1 atom stereocenters. The third-order valence-corrected chi connectivity index (χ3v) is 6.29. The Kier molecular flexibility index (Phi) is 3.86. The minimum absolute atomic E-state index is 0.115. The summed E-state index contributed by atoms with van der Waals surface area (Å²) in [5, 5.41) is 17.2. The maximum absolute atomic E-state index is 14.2. The highest BCUT2D eigenvalue weighted by Gasteiger charge is 2.54. The average molecular weight is 418 g/mol. The Hall–Kier alpha value is -2.53. The summed E-state index contributed by atoms with van der Waals surface area (Å²) >= 11 is 0. The third kappa shape index (κ3) is 2.60. The van der Waals surface area contributed by atoms with Crippen molar-refractivity contribution >= 4 is 20.7 Å². The van der Waals surface area contributed by atoms with E-state index in [1.807, 2.05) is 0 Å². The number of aromatic amines is 1. The van der Waals surface area contributed by atoms with E-state index in [1.165, 1.54) is 6.20 Å². The molecule has 2 N–H and O–H groups in total. The van der Waals surface area contributed by atoms with Crippen LogP contribution < -0.4 is 0 Å². The van der Waals surface area contributed by atoms with E-state index in [9.17, 15) is 35.5 Å². The summed E-state index contributed by atoms with van der Waals surface area (Å²) in [6.45, 7) is 0. The molecule has 0 bridgehead atoms. The lowest BCUT2D eigenvalue weighted by Crippen LogP contribution is -2.26. The lowest BCUT2D eigenvalue weighted by atomic mass is 9.96.